The minimum Gasteiger partial charge on any atom is -0.483 e. The number of primary amides is 1. The molecule has 0 unspecified atom stereocenters. The maximum Gasteiger partial charge on any atom is 0.260 e. The van der Waals surface area contributed by atoms with Crippen molar-refractivity contribution in [2.45, 2.75) is 31.7 Å². The van der Waals surface area contributed by atoms with Gasteiger partial charge in [0.15, 0.2) is 6.61 Å². The highest BCUT2D eigenvalue weighted by atomic mass is 16.5. The molecule has 1 aromatic carbocycles. The molecule has 26 heavy (non-hydrogen) atoms. The first-order chi connectivity index (χ1) is 12.5. The van der Waals surface area contributed by atoms with Gasteiger partial charge in [-0.1, -0.05) is 12.1 Å². The topological polar surface area (TPSA) is 128 Å². The van der Waals surface area contributed by atoms with Crippen LogP contribution in [-0.4, -0.2) is 54.9 Å². The summed E-state index contributed by atoms with van der Waals surface area (Å²) in [6.07, 6.45) is 2.64. The van der Waals surface area contributed by atoms with Crippen molar-refractivity contribution in [1.29, 1.82) is 0 Å². The van der Waals surface area contributed by atoms with E-state index in [1.165, 1.54) is 0 Å². The van der Waals surface area contributed by atoms with Gasteiger partial charge < -0.3 is 26.4 Å². The minimum absolute atomic E-state index is 0.0804. The lowest BCUT2D eigenvalue weighted by molar-refractivity contribution is -0.135. The molecule has 8 heteroatoms. The Labute approximate surface area is 152 Å². The molecule has 8 nitrogen and oxygen atoms in total. The quantitative estimate of drug-likeness (QED) is 0.533. The summed E-state index contributed by atoms with van der Waals surface area (Å²) < 4.78 is 5.50. The Morgan fingerprint density at radius 2 is 2.04 bits per heavy atom. The molecule has 1 aromatic rings. The van der Waals surface area contributed by atoms with Gasteiger partial charge in [-0.2, -0.15) is 0 Å². The van der Waals surface area contributed by atoms with E-state index in [4.69, 9.17) is 16.2 Å². The summed E-state index contributed by atoms with van der Waals surface area (Å²) in [5, 5.41) is 2.81. The molecule has 1 aliphatic rings. The molecule has 0 spiro atoms. The van der Waals surface area contributed by atoms with Gasteiger partial charge in [0.25, 0.3) is 11.8 Å². The summed E-state index contributed by atoms with van der Waals surface area (Å²) >= 11 is 0. The first-order valence-electron chi connectivity index (χ1n) is 8.80. The molecular weight excluding hydrogens is 336 g/mol. The monoisotopic (exact) mass is 362 g/mol. The molecule has 2 rings (SSSR count). The second kappa shape index (κ2) is 9.76. The summed E-state index contributed by atoms with van der Waals surface area (Å²) in [5.41, 5.74) is 10.9. The molecule has 1 fully saturated rings. The Morgan fingerprint density at radius 3 is 2.77 bits per heavy atom. The van der Waals surface area contributed by atoms with E-state index < -0.39 is 5.91 Å². The minimum atomic E-state index is -0.610. The van der Waals surface area contributed by atoms with E-state index in [1.807, 2.05) is 0 Å². The van der Waals surface area contributed by atoms with Gasteiger partial charge in [0.2, 0.25) is 5.91 Å². The van der Waals surface area contributed by atoms with E-state index in [9.17, 15) is 14.4 Å². The van der Waals surface area contributed by atoms with Crippen LogP contribution < -0.4 is 21.5 Å². The fourth-order valence-corrected chi connectivity index (χ4v) is 3.01. The smallest absolute Gasteiger partial charge is 0.260 e. The van der Waals surface area contributed by atoms with Gasteiger partial charge in [-0.15, -0.1) is 0 Å². The van der Waals surface area contributed by atoms with Crippen LogP contribution in [0.5, 0.6) is 5.75 Å². The van der Waals surface area contributed by atoms with Crippen molar-refractivity contribution in [3.05, 3.63) is 29.8 Å². The van der Waals surface area contributed by atoms with Crippen LogP contribution in [-0.2, 0) is 9.59 Å². The molecule has 0 aromatic heterocycles. The number of likely N-dealkylation sites (tertiary alicyclic amines) is 1. The highest BCUT2D eigenvalue weighted by molar-refractivity contribution is 5.95. The third-order valence-electron chi connectivity index (χ3n) is 4.33. The molecule has 0 radical (unpaired) electrons. The van der Waals surface area contributed by atoms with Crippen molar-refractivity contribution >= 4 is 17.7 Å². The van der Waals surface area contributed by atoms with Crippen LogP contribution >= 0.6 is 0 Å². The number of hydrogen-bond acceptors (Lipinski definition) is 5. The Kier molecular flexibility index (Phi) is 7.40. The van der Waals surface area contributed by atoms with Gasteiger partial charge in [-0.05, 0) is 37.9 Å². The third-order valence-corrected chi connectivity index (χ3v) is 4.33. The van der Waals surface area contributed by atoms with Gasteiger partial charge in [0.1, 0.15) is 5.75 Å². The Bertz CT molecular complexity index is 650. The maximum absolute atomic E-state index is 12.5. The molecule has 0 aliphatic carbocycles. The largest absolute Gasteiger partial charge is 0.483 e. The first-order valence-corrected chi connectivity index (χ1v) is 8.80. The Hall–Kier alpha value is -2.61. The first kappa shape index (κ1) is 19.7. The second-order valence-electron chi connectivity index (χ2n) is 6.23. The molecule has 1 aliphatic heterocycles. The van der Waals surface area contributed by atoms with E-state index in [0.717, 1.165) is 19.3 Å². The number of ether oxygens (including phenoxy) is 1. The molecule has 1 heterocycles. The summed E-state index contributed by atoms with van der Waals surface area (Å²) in [7, 11) is 0. The lowest BCUT2D eigenvalue weighted by Crippen LogP contribution is -2.41. The SMILES string of the molecule is NCCCNC(=O)C[C@@H]1CCCN1C(=O)COc1ccccc1C(N)=O. The van der Waals surface area contributed by atoms with E-state index in [1.54, 1.807) is 29.2 Å². The van der Waals surface area contributed by atoms with E-state index in [-0.39, 0.29) is 42.2 Å². The number of nitrogens with two attached hydrogens (primary N) is 2. The highest BCUT2D eigenvalue weighted by Crippen LogP contribution is 2.21. The van der Waals surface area contributed by atoms with Crippen molar-refractivity contribution in [1.82, 2.24) is 10.2 Å². The van der Waals surface area contributed by atoms with Gasteiger partial charge in [0, 0.05) is 25.6 Å². The average Bonchev–Trinajstić information content (AvgIpc) is 3.08. The predicted molar refractivity (Wildman–Crippen MR) is 96.5 cm³/mol. The number of nitrogens with one attached hydrogen (secondary N) is 1. The van der Waals surface area contributed by atoms with Crippen LogP contribution in [0.4, 0.5) is 0 Å². The predicted octanol–water partition coefficient (Wildman–Crippen LogP) is 0.0104. The summed E-state index contributed by atoms with van der Waals surface area (Å²) in [5.74, 6) is -0.616. The van der Waals surface area contributed by atoms with Gasteiger partial charge in [0.05, 0.1) is 5.56 Å². The van der Waals surface area contributed by atoms with Crippen LogP contribution in [0.2, 0.25) is 0 Å². The average molecular weight is 362 g/mol. The Morgan fingerprint density at radius 1 is 1.27 bits per heavy atom. The molecular formula is C18H26N4O4. The lowest BCUT2D eigenvalue weighted by Gasteiger charge is -2.24. The summed E-state index contributed by atoms with van der Waals surface area (Å²) in [4.78, 5) is 37.5. The second-order valence-corrected chi connectivity index (χ2v) is 6.23. The number of hydrogen-bond donors (Lipinski definition) is 3. The molecule has 142 valence electrons. The van der Waals surface area contributed by atoms with E-state index >= 15 is 0 Å². The normalized spacial score (nSPS) is 16.3. The number of para-hydroxylation sites is 1. The number of rotatable bonds is 9. The van der Waals surface area contributed by atoms with Crippen molar-refractivity contribution in [2.24, 2.45) is 11.5 Å². The van der Waals surface area contributed by atoms with Gasteiger partial charge in [-0.25, -0.2) is 0 Å². The van der Waals surface area contributed by atoms with Crippen molar-refractivity contribution in [2.75, 3.05) is 26.2 Å². The number of amides is 3. The van der Waals surface area contributed by atoms with Crippen LogP contribution in [0.25, 0.3) is 0 Å². The highest BCUT2D eigenvalue weighted by Gasteiger charge is 2.30. The van der Waals surface area contributed by atoms with Crippen LogP contribution in [0.15, 0.2) is 24.3 Å². The van der Waals surface area contributed by atoms with Gasteiger partial charge >= 0.3 is 0 Å². The third kappa shape index (κ3) is 5.45. The van der Waals surface area contributed by atoms with Crippen LogP contribution in [0, 0.1) is 0 Å². The zero-order chi connectivity index (χ0) is 18.9. The summed E-state index contributed by atoms with van der Waals surface area (Å²) in [6, 6.07) is 6.40. The standard InChI is InChI=1S/C18H26N4O4/c19-8-4-9-21-16(23)11-13-5-3-10-22(13)17(24)12-26-15-7-2-1-6-14(15)18(20)25/h1-2,6-7,13H,3-5,8-12,19H2,(H2,20,25)(H,21,23)/t13-/m0/s1. The van der Waals surface area contributed by atoms with Crippen LogP contribution in [0.3, 0.4) is 0 Å². The fraction of sp³-hybridized carbons (Fsp3) is 0.500. The number of carbonyl (C=O) groups excluding carboxylic acids is 3. The molecule has 3 amide bonds. The Balaban J connectivity index is 1.88. The molecule has 1 saturated heterocycles. The zero-order valence-corrected chi connectivity index (χ0v) is 14.8. The molecule has 1 atom stereocenters. The van der Waals surface area contributed by atoms with Gasteiger partial charge in [-0.3, -0.25) is 14.4 Å². The molecule has 5 N–H and O–H groups in total. The van der Waals surface area contributed by atoms with Crippen molar-refractivity contribution in [3.63, 3.8) is 0 Å². The van der Waals surface area contributed by atoms with Crippen molar-refractivity contribution < 1.29 is 19.1 Å². The number of carbonyl (C=O) groups is 3. The van der Waals surface area contributed by atoms with E-state index in [2.05, 4.69) is 5.32 Å². The van der Waals surface area contributed by atoms with Crippen molar-refractivity contribution in [3.8, 4) is 5.75 Å². The van der Waals surface area contributed by atoms with E-state index in [0.29, 0.717) is 19.6 Å². The zero-order valence-electron chi connectivity index (χ0n) is 14.8. The molecule has 0 bridgehead atoms. The molecule has 0 saturated carbocycles. The maximum atomic E-state index is 12.5. The summed E-state index contributed by atoms with van der Waals surface area (Å²) in [6.45, 7) is 1.47. The lowest BCUT2D eigenvalue weighted by atomic mass is 10.1. The number of benzene rings is 1. The van der Waals surface area contributed by atoms with Crippen LogP contribution in [0.1, 0.15) is 36.0 Å². The fourth-order valence-electron chi connectivity index (χ4n) is 3.01. The number of nitrogens with zero attached hydrogens (tertiary/aromatic N) is 1.